The van der Waals surface area contributed by atoms with Crippen LogP contribution in [0.1, 0.15) is 37.1 Å². The van der Waals surface area contributed by atoms with Crippen LogP contribution in [0, 0.1) is 13.8 Å². The van der Waals surface area contributed by atoms with E-state index in [1.807, 2.05) is 44.2 Å². The number of aryl methyl sites for hydroxylation is 2. The molecule has 8 nitrogen and oxygen atoms in total. The van der Waals surface area contributed by atoms with E-state index >= 15 is 0 Å². The highest BCUT2D eigenvalue weighted by atomic mass is 16.5. The van der Waals surface area contributed by atoms with Gasteiger partial charge in [-0.25, -0.2) is 9.97 Å². The molecule has 1 aliphatic rings. The predicted octanol–water partition coefficient (Wildman–Crippen LogP) is 3.44. The second kappa shape index (κ2) is 9.80. The molecule has 4 rings (SSSR count). The summed E-state index contributed by atoms with van der Waals surface area (Å²) in [5.41, 5.74) is 9.74. The molecule has 0 bridgehead atoms. The van der Waals surface area contributed by atoms with E-state index in [9.17, 15) is 0 Å². The molecule has 1 saturated carbocycles. The number of aromatic nitrogens is 3. The Labute approximate surface area is 174 Å². The number of rotatable bonds is 4. The molecule has 1 aliphatic carbocycles. The average molecular weight is 407 g/mol. The van der Waals surface area contributed by atoms with Crippen molar-refractivity contribution in [3.05, 3.63) is 47.9 Å². The number of carbonyl (C=O) groups excluding carboxylic acids is 2. The second-order valence-electron chi connectivity index (χ2n) is 7.34. The fourth-order valence-electron chi connectivity index (χ4n) is 3.73. The molecule has 156 valence electrons. The van der Waals surface area contributed by atoms with Gasteiger partial charge in [0.25, 0.3) is 0 Å². The molecule has 0 amide bonds. The Balaban J connectivity index is 0.000000806. The van der Waals surface area contributed by atoms with Gasteiger partial charge in [-0.2, -0.15) is 9.59 Å². The third-order valence-electron chi connectivity index (χ3n) is 5.05. The van der Waals surface area contributed by atoms with Crippen molar-refractivity contribution in [1.82, 2.24) is 15.0 Å². The molecular formula is C22H25N5O3. The van der Waals surface area contributed by atoms with Crippen molar-refractivity contribution in [3.8, 4) is 5.75 Å². The van der Waals surface area contributed by atoms with E-state index in [1.54, 1.807) is 6.20 Å². The summed E-state index contributed by atoms with van der Waals surface area (Å²) in [5.74, 6) is 1.54. The van der Waals surface area contributed by atoms with Crippen molar-refractivity contribution in [1.29, 1.82) is 0 Å². The molecule has 0 saturated heterocycles. The largest absolute Gasteiger partial charge is 0.490 e. The van der Waals surface area contributed by atoms with Crippen LogP contribution < -0.4 is 15.8 Å². The van der Waals surface area contributed by atoms with Crippen LogP contribution in [0.3, 0.4) is 0 Å². The molecule has 8 heteroatoms. The van der Waals surface area contributed by atoms with E-state index in [2.05, 4.69) is 20.3 Å². The standard InChI is InChI=1S/C21H25N5O.CO2/c1-13-10-11-23-21(25-13)26-15-6-8-16(9-7-15)27-19-5-3-4-18-20(19)17(22)12-14(2)24-18;2-1-3/h3-5,10-12,15-16H,6-9H2,1-2H3,(H2,22,24)(H,23,25,26);. The quantitative estimate of drug-likeness (QED) is 0.675. The van der Waals surface area contributed by atoms with Gasteiger partial charge in [0.2, 0.25) is 5.95 Å². The van der Waals surface area contributed by atoms with Crippen LogP contribution in [-0.2, 0) is 9.59 Å². The molecule has 30 heavy (non-hydrogen) atoms. The van der Waals surface area contributed by atoms with Crippen molar-refractivity contribution in [2.24, 2.45) is 0 Å². The minimum Gasteiger partial charge on any atom is -0.490 e. The SMILES string of the molecule is Cc1ccnc(NC2CCC(Oc3cccc4nc(C)cc(N)c34)CC2)n1.O=C=O. The van der Waals surface area contributed by atoms with Gasteiger partial charge in [0.15, 0.2) is 0 Å². The molecular weight excluding hydrogens is 382 g/mol. The van der Waals surface area contributed by atoms with Crippen molar-refractivity contribution in [2.45, 2.75) is 51.7 Å². The smallest absolute Gasteiger partial charge is 0.373 e. The number of nitrogen functional groups attached to an aromatic ring is 1. The van der Waals surface area contributed by atoms with Crippen LogP contribution in [-0.4, -0.2) is 33.2 Å². The number of nitrogens with zero attached hydrogens (tertiary/aromatic N) is 3. The molecule has 2 heterocycles. The number of ether oxygens (including phenoxy) is 1. The molecule has 1 aromatic carbocycles. The maximum Gasteiger partial charge on any atom is 0.373 e. The van der Waals surface area contributed by atoms with E-state index in [0.717, 1.165) is 59.4 Å². The van der Waals surface area contributed by atoms with Gasteiger partial charge in [0, 0.05) is 29.3 Å². The van der Waals surface area contributed by atoms with Crippen LogP contribution in [0.2, 0.25) is 0 Å². The Hall–Kier alpha value is -3.51. The monoisotopic (exact) mass is 407 g/mol. The van der Waals surface area contributed by atoms with E-state index in [4.69, 9.17) is 20.1 Å². The second-order valence-corrected chi connectivity index (χ2v) is 7.34. The van der Waals surface area contributed by atoms with Crippen LogP contribution in [0.15, 0.2) is 36.5 Å². The van der Waals surface area contributed by atoms with Crippen molar-refractivity contribution < 1.29 is 14.3 Å². The van der Waals surface area contributed by atoms with E-state index in [-0.39, 0.29) is 12.3 Å². The van der Waals surface area contributed by atoms with Crippen LogP contribution >= 0.6 is 0 Å². The molecule has 0 unspecified atom stereocenters. The zero-order chi connectivity index (χ0) is 21.5. The Kier molecular flexibility index (Phi) is 6.93. The maximum absolute atomic E-state index is 8.12. The van der Waals surface area contributed by atoms with Crippen LogP contribution in [0.4, 0.5) is 11.6 Å². The van der Waals surface area contributed by atoms with Gasteiger partial charge in [0.1, 0.15) is 5.75 Å². The van der Waals surface area contributed by atoms with Gasteiger partial charge < -0.3 is 15.8 Å². The lowest BCUT2D eigenvalue weighted by Gasteiger charge is -2.30. The zero-order valence-corrected chi connectivity index (χ0v) is 17.1. The summed E-state index contributed by atoms with van der Waals surface area (Å²) < 4.78 is 6.33. The molecule has 3 aromatic rings. The first-order chi connectivity index (χ1) is 14.5. The summed E-state index contributed by atoms with van der Waals surface area (Å²) in [6.07, 6.45) is 6.25. The minimum atomic E-state index is 0.188. The molecule has 0 radical (unpaired) electrons. The third kappa shape index (κ3) is 5.30. The van der Waals surface area contributed by atoms with Gasteiger partial charge >= 0.3 is 6.15 Å². The molecule has 0 atom stereocenters. The lowest BCUT2D eigenvalue weighted by atomic mass is 9.93. The van der Waals surface area contributed by atoms with Gasteiger partial charge in [-0.1, -0.05) is 6.07 Å². The Bertz CT molecular complexity index is 1040. The zero-order valence-electron chi connectivity index (χ0n) is 17.1. The number of pyridine rings is 1. The number of fused-ring (bicyclic) bond motifs is 1. The summed E-state index contributed by atoms with van der Waals surface area (Å²) in [7, 11) is 0. The number of benzene rings is 1. The first kappa shape index (κ1) is 21.2. The van der Waals surface area contributed by atoms with E-state index in [0.29, 0.717) is 12.0 Å². The normalized spacial score (nSPS) is 18.1. The number of anilines is 2. The van der Waals surface area contributed by atoms with Crippen molar-refractivity contribution >= 4 is 28.7 Å². The van der Waals surface area contributed by atoms with Crippen LogP contribution in [0.25, 0.3) is 10.9 Å². The lowest BCUT2D eigenvalue weighted by molar-refractivity contribution is -0.191. The number of nitrogens with two attached hydrogens (primary N) is 1. The number of nitrogens with one attached hydrogen (secondary N) is 1. The lowest BCUT2D eigenvalue weighted by Crippen LogP contribution is -2.31. The number of hydrogen-bond acceptors (Lipinski definition) is 8. The number of hydrogen-bond donors (Lipinski definition) is 2. The molecule has 3 N–H and O–H groups in total. The van der Waals surface area contributed by atoms with Crippen molar-refractivity contribution in [2.75, 3.05) is 11.1 Å². The predicted molar refractivity (Wildman–Crippen MR) is 113 cm³/mol. The minimum absolute atomic E-state index is 0.188. The average Bonchev–Trinajstić information content (AvgIpc) is 2.70. The summed E-state index contributed by atoms with van der Waals surface area (Å²) in [4.78, 5) is 29.6. The molecule has 2 aromatic heterocycles. The Morgan fingerprint density at radius 3 is 2.50 bits per heavy atom. The van der Waals surface area contributed by atoms with Gasteiger partial charge in [-0.3, -0.25) is 4.98 Å². The van der Waals surface area contributed by atoms with Crippen LogP contribution in [0.5, 0.6) is 5.75 Å². The highest BCUT2D eigenvalue weighted by Gasteiger charge is 2.23. The Morgan fingerprint density at radius 2 is 1.80 bits per heavy atom. The van der Waals surface area contributed by atoms with E-state index < -0.39 is 0 Å². The topological polar surface area (TPSA) is 120 Å². The first-order valence-corrected chi connectivity index (χ1v) is 9.88. The van der Waals surface area contributed by atoms with Gasteiger partial charge in [-0.05, 0) is 63.8 Å². The maximum atomic E-state index is 8.12. The fourth-order valence-corrected chi connectivity index (χ4v) is 3.73. The summed E-state index contributed by atoms with van der Waals surface area (Å²) >= 11 is 0. The molecule has 0 aliphatic heterocycles. The Morgan fingerprint density at radius 1 is 1.07 bits per heavy atom. The highest BCUT2D eigenvalue weighted by Crippen LogP contribution is 2.33. The summed E-state index contributed by atoms with van der Waals surface area (Å²) in [6.45, 7) is 3.93. The highest BCUT2D eigenvalue weighted by molar-refractivity contribution is 5.95. The third-order valence-corrected chi connectivity index (χ3v) is 5.05. The summed E-state index contributed by atoms with van der Waals surface area (Å²) in [5, 5.41) is 4.36. The first-order valence-electron chi connectivity index (χ1n) is 9.88. The molecule has 1 fully saturated rings. The molecule has 0 spiro atoms. The van der Waals surface area contributed by atoms with E-state index in [1.165, 1.54) is 0 Å². The summed E-state index contributed by atoms with van der Waals surface area (Å²) in [6, 6.07) is 10.1. The fraction of sp³-hybridized carbons (Fsp3) is 0.364. The van der Waals surface area contributed by atoms with Gasteiger partial charge in [0.05, 0.1) is 17.0 Å². The van der Waals surface area contributed by atoms with Gasteiger partial charge in [-0.15, -0.1) is 0 Å². The van der Waals surface area contributed by atoms with Crippen molar-refractivity contribution in [3.63, 3.8) is 0 Å².